The number of phenols is 1. The minimum Gasteiger partial charge on any atom is -0.504 e. The number of hydrogen-bond donors (Lipinski definition) is 1. The molecule has 0 unspecified atom stereocenters. The second kappa shape index (κ2) is 8.66. The van der Waals surface area contributed by atoms with Crippen molar-refractivity contribution in [2.45, 2.75) is 13.5 Å². The smallest absolute Gasteiger partial charge is 0.293 e. The Labute approximate surface area is 183 Å². The molecule has 5 nitrogen and oxygen atoms in total. The monoisotopic (exact) mass is 559 g/mol. The van der Waals surface area contributed by atoms with Crippen molar-refractivity contribution >= 4 is 67.5 Å². The van der Waals surface area contributed by atoms with Crippen LogP contribution in [0.2, 0.25) is 0 Å². The van der Waals surface area contributed by atoms with Gasteiger partial charge in [-0.1, -0.05) is 28.1 Å². The van der Waals surface area contributed by atoms with Gasteiger partial charge in [0, 0.05) is 4.47 Å². The van der Waals surface area contributed by atoms with Crippen LogP contribution in [0.1, 0.15) is 18.1 Å². The molecule has 1 aliphatic heterocycles. The van der Waals surface area contributed by atoms with Crippen molar-refractivity contribution in [2.75, 3.05) is 6.61 Å². The quantitative estimate of drug-likeness (QED) is 0.393. The Kier molecular flexibility index (Phi) is 6.48. The van der Waals surface area contributed by atoms with E-state index in [0.29, 0.717) is 26.4 Å². The minimum atomic E-state index is -0.325. The number of carbonyl (C=O) groups excluding carboxylic acids is 2. The van der Waals surface area contributed by atoms with Crippen LogP contribution >= 0.6 is 50.3 Å². The number of amides is 2. The van der Waals surface area contributed by atoms with Gasteiger partial charge in [-0.3, -0.25) is 14.5 Å². The highest BCUT2D eigenvalue weighted by molar-refractivity contribution is 14.1. The normalized spacial score (nSPS) is 15.7. The fourth-order valence-corrected chi connectivity index (χ4v) is 4.23. The third-order valence-electron chi connectivity index (χ3n) is 3.78. The summed E-state index contributed by atoms with van der Waals surface area (Å²) in [4.78, 5) is 26.6. The highest BCUT2D eigenvalue weighted by Crippen LogP contribution is 2.37. The number of halogens is 2. The van der Waals surface area contributed by atoms with Gasteiger partial charge in [-0.2, -0.15) is 0 Å². The Balaban J connectivity index is 1.85. The van der Waals surface area contributed by atoms with Crippen LogP contribution in [-0.2, 0) is 11.3 Å². The van der Waals surface area contributed by atoms with Crippen LogP contribution in [0.3, 0.4) is 0 Å². The molecule has 2 amide bonds. The molecule has 2 aromatic carbocycles. The summed E-state index contributed by atoms with van der Waals surface area (Å²) in [5, 5.41) is 9.74. The number of rotatable bonds is 5. The van der Waals surface area contributed by atoms with Crippen LogP contribution in [0.25, 0.3) is 6.08 Å². The Morgan fingerprint density at radius 2 is 1.96 bits per heavy atom. The van der Waals surface area contributed by atoms with E-state index in [4.69, 9.17) is 4.74 Å². The van der Waals surface area contributed by atoms with Crippen LogP contribution in [0.15, 0.2) is 45.8 Å². The second-order valence-corrected chi connectivity index (χ2v) is 8.75. The number of benzene rings is 2. The van der Waals surface area contributed by atoms with E-state index in [-0.39, 0.29) is 23.4 Å². The lowest BCUT2D eigenvalue weighted by atomic mass is 10.1. The summed E-state index contributed by atoms with van der Waals surface area (Å²) in [6.07, 6.45) is 1.65. The van der Waals surface area contributed by atoms with Crippen molar-refractivity contribution in [1.29, 1.82) is 0 Å². The first kappa shape index (κ1) is 20.2. The number of aromatic hydroxyl groups is 1. The lowest BCUT2D eigenvalue weighted by Crippen LogP contribution is -2.27. The predicted octanol–water partition coefficient (Wildman–Crippen LogP) is 5.39. The molecule has 0 atom stereocenters. The van der Waals surface area contributed by atoms with Gasteiger partial charge in [-0.05, 0) is 82.7 Å². The van der Waals surface area contributed by atoms with Crippen molar-refractivity contribution in [3.05, 3.63) is 60.5 Å². The third-order valence-corrected chi connectivity index (χ3v) is 6.03. The van der Waals surface area contributed by atoms with Crippen LogP contribution in [0, 0.1) is 3.57 Å². The lowest BCUT2D eigenvalue weighted by Gasteiger charge is -2.12. The van der Waals surface area contributed by atoms with Gasteiger partial charge in [0.05, 0.1) is 21.6 Å². The number of phenolic OH excluding ortho intramolecular Hbond substituents is 1. The lowest BCUT2D eigenvalue weighted by molar-refractivity contribution is -0.123. The molecule has 0 radical (unpaired) electrons. The summed E-state index contributed by atoms with van der Waals surface area (Å²) in [5.74, 6) is 0.0941. The maximum absolute atomic E-state index is 12.7. The molecular formula is C19H15BrINO4S. The number of thioether (sulfide) groups is 1. The zero-order valence-electron chi connectivity index (χ0n) is 14.2. The van der Waals surface area contributed by atoms with Gasteiger partial charge in [0.1, 0.15) is 0 Å². The van der Waals surface area contributed by atoms with Crippen LogP contribution in [0.4, 0.5) is 4.79 Å². The van der Waals surface area contributed by atoms with Gasteiger partial charge >= 0.3 is 0 Å². The van der Waals surface area contributed by atoms with E-state index in [1.54, 1.807) is 18.2 Å². The number of nitrogens with zero attached hydrogens (tertiary/aromatic N) is 1. The molecule has 27 heavy (non-hydrogen) atoms. The second-order valence-electron chi connectivity index (χ2n) is 5.68. The molecular weight excluding hydrogens is 545 g/mol. The van der Waals surface area contributed by atoms with Gasteiger partial charge in [0.2, 0.25) is 0 Å². The highest BCUT2D eigenvalue weighted by atomic mass is 127. The summed E-state index contributed by atoms with van der Waals surface area (Å²) in [7, 11) is 0. The van der Waals surface area contributed by atoms with E-state index in [0.717, 1.165) is 21.8 Å². The standard InChI is InChI=1S/C19H15BrINO4S/c1-2-26-15-8-12(7-14(21)17(15)23)9-16-18(24)22(19(25)27-16)10-11-3-5-13(20)6-4-11/h3-9,23H,2,10H2,1H3. The fourth-order valence-electron chi connectivity index (χ4n) is 2.50. The summed E-state index contributed by atoms with van der Waals surface area (Å²) in [6.45, 7) is 2.47. The summed E-state index contributed by atoms with van der Waals surface area (Å²) in [5.41, 5.74) is 1.56. The Hall–Kier alpha value is -1.52. The minimum absolute atomic E-state index is 0.0675. The molecule has 0 spiro atoms. The molecule has 1 saturated heterocycles. The van der Waals surface area contributed by atoms with Crippen molar-refractivity contribution in [2.24, 2.45) is 0 Å². The molecule has 0 saturated carbocycles. The number of ether oxygens (including phenoxy) is 1. The van der Waals surface area contributed by atoms with E-state index < -0.39 is 0 Å². The van der Waals surface area contributed by atoms with Gasteiger partial charge in [-0.15, -0.1) is 0 Å². The van der Waals surface area contributed by atoms with Crippen LogP contribution < -0.4 is 4.74 Å². The predicted molar refractivity (Wildman–Crippen MR) is 118 cm³/mol. The Bertz CT molecular complexity index is 930. The van der Waals surface area contributed by atoms with E-state index in [9.17, 15) is 14.7 Å². The van der Waals surface area contributed by atoms with E-state index in [1.165, 1.54) is 4.90 Å². The van der Waals surface area contributed by atoms with Gasteiger partial charge < -0.3 is 9.84 Å². The van der Waals surface area contributed by atoms with E-state index >= 15 is 0 Å². The first-order chi connectivity index (χ1) is 12.9. The topological polar surface area (TPSA) is 66.8 Å². The Morgan fingerprint density at radius 3 is 2.63 bits per heavy atom. The molecule has 3 rings (SSSR count). The van der Waals surface area contributed by atoms with E-state index in [2.05, 4.69) is 15.9 Å². The van der Waals surface area contributed by atoms with Gasteiger partial charge in [-0.25, -0.2) is 0 Å². The SMILES string of the molecule is CCOc1cc(C=C2SC(=O)N(Cc3ccc(Br)cc3)C2=O)cc(I)c1O. The van der Waals surface area contributed by atoms with Crippen LogP contribution in [0.5, 0.6) is 11.5 Å². The molecule has 1 fully saturated rings. The molecule has 1 N–H and O–H groups in total. The van der Waals surface area contributed by atoms with Crippen molar-refractivity contribution in [1.82, 2.24) is 4.90 Å². The molecule has 0 bridgehead atoms. The molecule has 0 aromatic heterocycles. The molecule has 2 aromatic rings. The zero-order chi connectivity index (χ0) is 19.6. The summed E-state index contributed by atoms with van der Waals surface area (Å²) >= 11 is 6.28. The average molecular weight is 560 g/mol. The first-order valence-corrected chi connectivity index (χ1v) is 10.7. The zero-order valence-corrected chi connectivity index (χ0v) is 18.8. The van der Waals surface area contributed by atoms with E-state index in [1.807, 2.05) is 53.8 Å². The molecule has 140 valence electrons. The van der Waals surface area contributed by atoms with Gasteiger partial charge in [0.15, 0.2) is 11.5 Å². The maximum atomic E-state index is 12.7. The van der Waals surface area contributed by atoms with Crippen LogP contribution in [-0.4, -0.2) is 27.8 Å². The fraction of sp³-hybridized carbons (Fsp3) is 0.158. The van der Waals surface area contributed by atoms with Gasteiger partial charge in [0.25, 0.3) is 11.1 Å². The number of hydrogen-bond acceptors (Lipinski definition) is 5. The number of carbonyl (C=O) groups is 2. The average Bonchev–Trinajstić information content (AvgIpc) is 2.88. The third kappa shape index (κ3) is 4.67. The van der Waals surface area contributed by atoms with Crippen molar-refractivity contribution < 1.29 is 19.4 Å². The molecule has 1 aliphatic rings. The molecule has 1 heterocycles. The first-order valence-electron chi connectivity index (χ1n) is 8.04. The maximum Gasteiger partial charge on any atom is 0.293 e. The summed E-state index contributed by atoms with van der Waals surface area (Å²) < 4.78 is 6.97. The number of imide groups is 1. The Morgan fingerprint density at radius 1 is 1.26 bits per heavy atom. The molecule has 8 heteroatoms. The highest BCUT2D eigenvalue weighted by Gasteiger charge is 2.35. The largest absolute Gasteiger partial charge is 0.504 e. The van der Waals surface area contributed by atoms with Crippen molar-refractivity contribution in [3.63, 3.8) is 0 Å². The molecule has 0 aliphatic carbocycles. The summed E-state index contributed by atoms with van der Waals surface area (Å²) in [6, 6.07) is 10.9. The van der Waals surface area contributed by atoms with Crippen molar-refractivity contribution in [3.8, 4) is 11.5 Å².